The number of hydrogen-bond donors (Lipinski definition) is 2. The number of primary amides is 1. The minimum Gasteiger partial charge on any atom is -0.446 e. The summed E-state index contributed by atoms with van der Waals surface area (Å²) in [6, 6.07) is -0.275. The third-order valence-electron chi connectivity index (χ3n) is 1.82. The minimum absolute atomic E-state index is 0.124. The van der Waals surface area contributed by atoms with E-state index in [1.807, 2.05) is 0 Å². The zero-order valence-electron chi connectivity index (χ0n) is 8.36. The number of rotatable bonds is 4. The number of oxazole rings is 1. The summed E-state index contributed by atoms with van der Waals surface area (Å²) < 4.78 is 5.05. The lowest BCUT2D eigenvalue weighted by Gasteiger charge is -2.09. The van der Waals surface area contributed by atoms with Crippen LogP contribution in [0.2, 0.25) is 0 Å². The summed E-state index contributed by atoms with van der Waals surface area (Å²) >= 11 is 0. The van der Waals surface area contributed by atoms with E-state index in [0.717, 1.165) is 6.42 Å². The van der Waals surface area contributed by atoms with Gasteiger partial charge in [0.15, 0.2) is 5.69 Å². The van der Waals surface area contributed by atoms with Gasteiger partial charge in [0.05, 0.1) is 6.04 Å². The van der Waals surface area contributed by atoms with Crippen LogP contribution in [-0.4, -0.2) is 10.9 Å². The Labute approximate surface area is 82.5 Å². The average Bonchev–Trinajstić information content (AvgIpc) is 2.50. The Bertz CT molecular complexity index is 320. The normalized spacial score (nSPS) is 13.1. The molecule has 1 atom stereocenters. The summed E-state index contributed by atoms with van der Waals surface area (Å²) in [5, 5.41) is 0. The Morgan fingerprint density at radius 1 is 1.64 bits per heavy atom. The van der Waals surface area contributed by atoms with Crippen LogP contribution in [-0.2, 0) is 0 Å². The highest BCUT2D eigenvalue weighted by atomic mass is 16.3. The van der Waals surface area contributed by atoms with Crippen molar-refractivity contribution < 1.29 is 9.21 Å². The molecule has 0 radical (unpaired) electrons. The largest absolute Gasteiger partial charge is 0.446 e. The van der Waals surface area contributed by atoms with Gasteiger partial charge in [-0.05, 0) is 12.3 Å². The Kier molecular flexibility index (Phi) is 3.24. The zero-order chi connectivity index (χ0) is 10.7. The smallest absolute Gasteiger partial charge is 0.270 e. The molecule has 0 aliphatic carbocycles. The molecule has 0 spiro atoms. The van der Waals surface area contributed by atoms with Crippen LogP contribution in [0.4, 0.5) is 0 Å². The van der Waals surface area contributed by atoms with E-state index in [2.05, 4.69) is 18.8 Å². The molecule has 0 aromatic carbocycles. The fourth-order valence-corrected chi connectivity index (χ4v) is 1.18. The van der Waals surface area contributed by atoms with E-state index >= 15 is 0 Å². The fourth-order valence-electron chi connectivity index (χ4n) is 1.18. The van der Waals surface area contributed by atoms with E-state index in [9.17, 15) is 4.79 Å². The van der Waals surface area contributed by atoms with Gasteiger partial charge in [-0.15, -0.1) is 0 Å². The van der Waals surface area contributed by atoms with Gasteiger partial charge in [-0.1, -0.05) is 13.8 Å². The lowest BCUT2D eigenvalue weighted by atomic mass is 10.0. The molecule has 5 nitrogen and oxygen atoms in total. The van der Waals surface area contributed by atoms with Crippen molar-refractivity contribution in [3.63, 3.8) is 0 Å². The highest BCUT2D eigenvalue weighted by Gasteiger charge is 2.16. The maximum absolute atomic E-state index is 10.7. The summed E-state index contributed by atoms with van der Waals surface area (Å²) in [5.74, 6) is 0.221. The van der Waals surface area contributed by atoms with Gasteiger partial charge in [0.2, 0.25) is 5.89 Å². The van der Waals surface area contributed by atoms with Crippen LogP contribution in [0, 0.1) is 5.92 Å². The number of carbonyl (C=O) groups excluding carboxylic acids is 1. The first-order chi connectivity index (χ1) is 6.50. The Morgan fingerprint density at radius 3 is 2.71 bits per heavy atom. The summed E-state index contributed by atoms with van der Waals surface area (Å²) in [4.78, 5) is 14.6. The topological polar surface area (TPSA) is 95.1 Å². The third-order valence-corrected chi connectivity index (χ3v) is 1.82. The lowest BCUT2D eigenvalue weighted by Crippen LogP contribution is -2.15. The first-order valence-electron chi connectivity index (χ1n) is 4.51. The van der Waals surface area contributed by atoms with Gasteiger partial charge in [0, 0.05) is 0 Å². The van der Waals surface area contributed by atoms with Gasteiger partial charge >= 0.3 is 0 Å². The second-order valence-corrected chi connectivity index (χ2v) is 3.67. The molecule has 1 amide bonds. The Hall–Kier alpha value is -1.36. The molecule has 14 heavy (non-hydrogen) atoms. The van der Waals surface area contributed by atoms with Gasteiger partial charge in [0.1, 0.15) is 6.26 Å². The average molecular weight is 197 g/mol. The van der Waals surface area contributed by atoms with Crippen molar-refractivity contribution in [3.05, 3.63) is 17.8 Å². The maximum Gasteiger partial charge on any atom is 0.270 e. The van der Waals surface area contributed by atoms with Gasteiger partial charge in [-0.25, -0.2) is 4.98 Å². The molecule has 1 aromatic rings. The van der Waals surface area contributed by atoms with Crippen LogP contribution < -0.4 is 11.5 Å². The van der Waals surface area contributed by atoms with Crippen molar-refractivity contribution in [2.45, 2.75) is 26.3 Å². The van der Waals surface area contributed by atoms with Crippen LogP contribution in [0.25, 0.3) is 0 Å². The van der Waals surface area contributed by atoms with Crippen molar-refractivity contribution in [2.24, 2.45) is 17.4 Å². The van der Waals surface area contributed by atoms with Gasteiger partial charge < -0.3 is 15.9 Å². The van der Waals surface area contributed by atoms with Gasteiger partial charge in [0.25, 0.3) is 5.91 Å². The summed E-state index contributed by atoms with van der Waals surface area (Å²) in [7, 11) is 0. The number of nitrogens with two attached hydrogens (primary N) is 2. The zero-order valence-corrected chi connectivity index (χ0v) is 8.36. The van der Waals surface area contributed by atoms with E-state index in [1.165, 1.54) is 6.26 Å². The molecule has 5 heteroatoms. The monoisotopic (exact) mass is 197 g/mol. The van der Waals surface area contributed by atoms with Crippen LogP contribution in [0.15, 0.2) is 10.7 Å². The number of aromatic nitrogens is 1. The van der Waals surface area contributed by atoms with E-state index in [-0.39, 0.29) is 11.7 Å². The highest BCUT2D eigenvalue weighted by molar-refractivity contribution is 5.90. The van der Waals surface area contributed by atoms with Crippen molar-refractivity contribution in [1.29, 1.82) is 0 Å². The molecule has 0 fully saturated rings. The maximum atomic E-state index is 10.7. The van der Waals surface area contributed by atoms with E-state index in [0.29, 0.717) is 11.8 Å². The van der Waals surface area contributed by atoms with Crippen LogP contribution >= 0.6 is 0 Å². The molecular weight excluding hydrogens is 182 g/mol. The molecular formula is C9H15N3O2. The SMILES string of the molecule is CC(C)CC(N)c1nc(C(N)=O)co1. The second-order valence-electron chi connectivity index (χ2n) is 3.67. The first-order valence-corrected chi connectivity index (χ1v) is 4.51. The quantitative estimate of drug-likeness (QED) is 0.746. The molecule has 1 rings (SSSR count). The first kappa shape index (κ1) is 10.7. The standard InChI is InChI=1S/C9H15N3O2/c1-5(2)3-6(10)9-12-7(4-14-9)8(11)13/h4-6H,3,10H2,1-2H3,(H2,11,13). The molecule has 0 saturated carbocycles. The van der Waals surface area contributed by atoms with Crippen LogP contribution in [0.3, 0.4) is 0 Å². The van der Waals surface area contributed by atoms with Gasteiger partial charge in [-0.3, -0.25) is 4.79 Å². The second kappa shape index (κ2) is 4.23. The Morgan fingerprint density at radius 2 is 2.29 bits per heavy atom. The number of carbonyl (C=O) groups is 1. The number of nitrogens with zero attached hydrogens (tertiary/aromatic N) is 1. The molecule has 0 saturated heterocycles. The molecule has 0 bridgehead atoms. The van der Waals surface area contributed by atoms with Crippen LogP contribution in [0.1, 0.15) is 42.7 Å². The van der Waals surface area contributed by atoms with E-state index in [4.69, 9.17) is 15.9 Å². The fraction of sp³-hybridized carbons (Fsp3) is 0.556. The van der Waals surface area contributed by atoms with Crippen molar-refractivity contribution in [1.82, 2.24) is 4.98 Å². The minimum atomic E-state index is -0.600. The van der Waals surface area contributed by atoms with Crippen molar-refractivity contribution in [2.75, 3.05) is 0 Å². The molecule has 0 aliphatic rings. The lowest BCUT2D eigenvalue weighted by molar-refractivity contribution is 0.0995. The predicted molar refractivity (Wildman–Crippen MR) is 51.4 cm³/mol. The molecule has 1 unspecified atom stereocenters. The van der Waals surface area contributed by atoms with Crippen molar-refractivity contribution >= 4 is 5.91 Å². The Balaban J connectivity index is 2.71. The third kappa shape index (κ3) is 2.56. The molecule has 4 N–H and O–H groups in total. The van der Waals surface area contributed by atoms with Gasteiger partial charge in [-0.2, -0.15) is 0 Å². The molecule has 1 heterocycles. The highest BCUT2D eigenvalue weighted by Crippen LogP contribution is 2.17. The molecule has 1 aromatic heterocycles. The number of hydrogen-bond acceptors (Lipinski definition) is 4. The van der Waals surface area contributed by atoms with E-state index < -0.39 is 5.91 Å². The molecule has 0 aliphatic heterocycles. The number of amides is 1. The van der Waals surface area contributed by atoms with Crippen LogP contribution in [0.5, 0.6) is 0 Å². The summed E-state index contributed by atoms with van der Waals surface area (Å²) in [6.45, 7) is 4.11. The molecule has 78 valence electrons. The summed E-state index contributed by atoms with van der Waals surface area (Å²) in [6.07, 6.45) is 2.00. The van der Waals surface area contributed by atoms with E-state index in [1.54, 1.807) is 0 Å². The van der Waals surface area contributed by atoms with Crippen molar-refractivity contribution in [3.8, 4) is 0 Å². The summed E-state index contributed by atoms with van der Waals surface area (Å²) in [5.41, 5.74) is 11.0. The predicted octanol–water partition coefficient (Wildman–Crippen LogP) is 0.819.